The Morgan fingerprint density at radius 1 is 1.19 bits per heavy atom. The Balaban J connectivity index is 1.94. The van der Waals surface area contributed by atoms with Crippen LogP contribution in [0, 0.1) is 0 Å². The molecule has 9 heteroatoms. The number of unbranched alkanes of at least 4 members (excludes halogenated alkanes) is 1. The third-order valence-corrected chi connectivity index (χ3v) is 2.64. The molecule has 2 aromatic heterocycles. The van der Waals surface area contributed by atoms with Crippen LogP contribution in [0.25, 0.3) is 5.95 Å². The van der Waals surface area contributed by atoms with Crippen molar-refractivity contribution in [2.45, 2.75) is 19.8 Å². The van der Waals surface area contributed by atoms with Gasteiger partial charge in [0, 0.05) is 20.2 Å². The van der Waals surface area contributed by atoms with Gasteiger partial charge in [-0.05, 0) is 6.42 Å². The van der Waals surface area contributed by atoms with Crippen molar-refractivity contribution in [2.75, 3.05) is 37.4 Å². The van der Waals surface area contributed by atoms with Gasteiger partial charge in [0.1, 0.15) is 12.7 Å². The minimum absolute atomic E-state index is 0.404. The lowest BCUT2D eigenvalue weighted by atomic mass is 10.4. The summed E-state index contributed by atoms with van der Waals surface area (Å²) in [6.07, 6.45) is 5.17. The van der Waals surface area contributed by atoms with Gasteiger partial charge in [-0.1, -0.05) is 13.3 Å². The second-order valence-corrected chi connectivity index (χ2v) is 4.27. The van der Waals surface area contributed by atoms with E-state index in [-0.39, 0.29) is 0 Å². The Morgan fingerprint density at radius 3 is 2.76 bits per heavy atom. The molecule has 0 aliphatic carbocycles. The first kappa shape index (κ1) is 15.1. The van der Waals surface area contributed by atoms with Crippen molar-refractivity contribution < 1.29 is 4.74 Å². The molecule has 0 aromatic carbocycles. The zero-order valence-corrected chi connectivity index (χ0v) is 12.3. The molecule has 9 nitrogen and oxygen atoms in total. The average Bonchev–Trinajstić information content (AvgIpc) is 3.05. The second-order valence-electron chi connectivity index (χ2n) is 4.27. The lowest BCUT2D eigenvalue weighted by molar-refractivity contribution is 0.141. The molecule has 0 fully saturated rings. The SMILES string of the molecule is CCCCOCCNc1nc(NC)nc(-n2cncn2)n1. The predicted octanol–water partition coefficient (Wildman–Crippen LogP) is 0.723. The van der Waals surface area contributed by atoms with Crippen LogP contribution in [0.4, 0.5) is 11.9 Å². The first-order valence-corrected chi connectivity index (χ1v) is 6.94. The molecule has 0 bridgehead atoms. The monoisotopic (exact) mass is 292 g/mol. The fourth-order valence-electron chi connectivity index (χ4n) is 1.55. The number of aromatic nitrogens is 6. The van der Waals surface area contributed by atoms with Crippen LogP contribution in [-0.2, 0) is 4.74 Å². The topological polar surface area (TPSA) is 103 Å². The van der Waals surface area contributed by atoms with Gasteiger partial charge in [0.2, 0.25) is 11.9 Å². The van der Waals surface area contributed by atoms with Crippen molar-refractivity contribution in [1.82, 2.24) is 29.7 Å². The van der Waals surface area contributed by atoms with Crippen molar-refractivity contribution in [3.63, 3.8) is 0 Å². The minimum atomic E-state index is 0.404. The maximum absolute atomic E-state index is 5.48. The van der Waals surface area contributed by atoms with Crippen LogP contribution in [0.2, 0.25) is 0 Å². The highest BCUT2D eigenvalue weighted by molar-refractivity contribution is 5.37. The molecule has 0 aliphatic rings. The number of nitrogens with one attached hydrogen (secondary N) is 2. The van der Waals surface area contributed by atoms with Crippen LogP contribution in [-0.4, -0.2) is 56.5 Å². The van der Waals surface area contributed by atoms with Crippen LogP contribution in [0.3, 0.4) is 0 Å². The quantitative estimate of drug-likeness (QED) is 0.652. The van der Waals surface area contributed by atoms with Crippen LogP contribution >= 0.6 is 0 Å². The van der Waals surface area contributed by atoms with E-state index < -0.39 is 0 Å². The molecule has 0 atom stereocenters. The van der Waals surface area contributed by atoms with Crippen LogP contribution in [0.5, 0.6) is 0 Å². The van der Waals surface area contributed by atoms with Crippen molar-refractivity contribution >= 4 is 11.9 Å². The number of ether oxygens (including phenoxy) is 1. The molecule has 0 radical (unpaired) electrons. The van der Waals surface area contributed by atoms with Gasteiger partial charge >= 0.3 is 0 Å². The molecule has 0 amide bonds. The summed E-state index contributed by atoms with van der Waals surface area (Å²) in [5.41, 5.74) is 0. The molecule has 0 saturated heterocycles. The number of hydrogen-bond acceptors (Lipinski definition) is 8. The summed E-state index contributed by atoms with van der Waals surface area (Å²) in [6.45, 7) is 4.16. The maximum Gasteiger partial charge on any atom is 0.258 e. The Bertz CT molecular complexity index is 530. The Hall–Kier alpha value is -2.29. The van der Waals surface area contributed by atoms with Crippen LogP contribution < -0.4 is 10.6 Å². The summed E-state index contributed by atoms with van der Waals surface area (Å²) < 4.78 is 6.96. The molecule has 2 heterocycles. The van der Waals surface area contributed by atoms with Gasteiger partial charge < -0.3 is 15.4 Å². The number of nitrogens with zero attached hydrogens (tertiary/aromatic N) is 6. The molecule has 2 aromatic rings. The summed E-state index contributed by atoms with van der Waals surface area (Å²) in [5, 5.41) is 10.0. The fraction of sp³-hybridized carbons (Fsp3) is 0.583. The highest BCUT2D eigenvalue weighted by Gasteiger charge is 2.07. The largest absolute Gasteiger partial charge is 0.380 e. The van der Waals surface area contributed by atoms with Gasteiger partial charge in [0.25, 0.3) is 5.95 Å². The zero-order valence-electron chi connectivity index (χ0n) is 12.3. The van der Waals surface area contributed by atoms with E-state index in [2.05, 4.69) is 42.6 Å². The van der Waals surface area contributed by atoms with Crippen molar-refractivity contribution in [1.29, 1.82) is 0 Å². The molecule has 2 rings (SSSR count). The van der Waals surface area contributed by atoms with Gasteiger partial charge in [0.15, 0.2) is 0 Å². The van der Waals surface area contributed by atoms with E-state index >= 15 is 0 Å². The summed E-state index contributed by atoms with van der Waals surface area (Å²) in [7, 11) is 1.75. The van der Waals surface area contributed by atoms with Gasteiger partial charge in [-0.3, -0.25) is 0 Å². The van der Waals surface area contributed by atoms with Gasteiger partial charge in [-0.15, -0.1) is 0 Å². The first-order valence-electron chi connectivity index (χ1n) is 6.94. The molecule has 2 N–H and O–H groups in total. The molecule has 0 unspecified atom stereocenters. The Labute approximate surface area is 123 Å². The van der Waals surface area contributed by atoms with Crippen molar-refractivity contribution in [3.8, 4) is 5.95 Å². The highest BCUT2D eigenvalue weighted by atomic mass is 16.5. The second kappa shape index (κ2) is 8.10. The Morgan fingerprint density at radius 2 is 2.05 bits per heavy atom. The summed E-state index contributed by atoms with van der Waals surface area (Å²) in [4.78, 5) is 16.6. The summed E-state index contributed by atoms with van der Waals surface area (Å²) >= 11 is 0. The molecular formula is C12H20N8O. The molecule has 21 heavy (non-hydrogen) atoms. The smallest absolute Gasteiger partial charge is 0.258 e. The number of hydrogen-bond donors (Lipinski definition) is 2. The van der Waals surface area contributed by atoms with E-state index in [1.807, 2.05) is 0 Å². The molecule has 0 spiro atoms. The minimum Gasteiger partial charge on any atom is -0.380 e. The number of anilines is 2. The van der Waals surface area contributed by atoms with Gasteiger partial charge in [-0.25, -0.2) is 4.98 Å². The fourth-order valence-corrected chi connectivity index (χ4v) is 1.55. The number of rotatable bonds is 9. The van der Waals surface area contributed by atoms with Crippen LogP contribution in [0.15, 0.2) is 12.7 Å². The predicted molar refractivity (Wildman–Crippen MR) is 78.5 cm³/mol. The van der Waals surface area contributed by atoms with E-state index in [0.29, 0.717) is 31.0 Å². The van der Waals surface area contributed by atoms with Crippen molar-refractivity contribution in [2.24, 2.45) is 0 Å². The molecular weight excluding hydrogens is 272 g/mol. The highest BCUT2D eigenvalue weighted by Crippen LogP contribution is 2.07. The first-order chi connectivity index (χ1) is 10.3. The Kier molecular flexibility index (Phi) is 5.83. The molecule has 0 aliphatic heterocycles. The van der Waals surface area contributed by atoms with E-state index in [4.69, 9.17) is 4.74 Å². The normalized spacial score (nSPS) is 10.6. The zero-order chi connectivity index (χ0) is 14.9. The average molecular weight is 292 g/mol. The summed E-state index contributed by atoms with van der Waals surface area (Å²) in [5.74, 6) is 1.34. The van der Waals surface area contributed by atoms with Gasteiger partial charge in [0.05, 0.1) is 6.61 Å². The maximum atomic E-state index is 5.48. The molecule has 114 valence electrons. The molecule has 0 saturated carbocycles. The van der Waals surface area contributed by atoms with Crippen molar-refractivity contribution in [3.05, 3.63) is 12.7 Å². The van der Waals surface area contributed by atoms with Crippen LogP contribution in [0.1, 0.15) is 19.8 Å². The van der Waals surface area contributed by atoms with E-state index in [9.17, 15) is 0 Å². The van der Waals surface area contributed by atoms with Gasteiger partial charge in [-0.2, -0.15) is 24.7 Å². The third kappa shape index (κ3) is 4.63. The van der Waals surface area contributed by atoms with E-state index in [0.717, 1.165) is 19.4 Å². The van der Waals surface area contributed by atoms with E-state index in [1.54, 1.807) is 7.05 Å². The third-order valence-electron chi connectivity index (χ3n) is 2.64. The standard InChI is InChI=1S/C12H20N8O/c1-3-4-6-21-7-5-15-11-17-10(13-2)18-12(19-11)20-9-14-8-16-20/h8-9H,3-7H2,1-2H3,(H2,13,15,17,18,19). The lowest BCUT2D eigenvalue weighted by Crippen LogP contribution is -2.15. The lowest BCUT2D eigenvalue weighted by Gasteiger charge is -2.08. The summed E-state index contributed by atoms with van der Waals surface area (Å²) in [6, 6.07) is 0. The van der Waals surface area contributed by atoms with E-state index in [1.165, 1.54) is 17.3 Å².